The van der Waals surface area contributed by atoms with Gasteiger partial charge in [-0.05, 0) is 31.9 Å². The Morgan fingerprint density at radius 3 is 2.35 bits per heavy atom. The molecular weight excluding hydrogens is 286 g/mol. The molecule has 0 amide bonds. The summed E-state index contributed by atoms with van der Waals surface area (Å²) >= 11 is 0. The number of benzene rings is 1. The fraction of sp³-hybridized carbons (Fsp3) is 0.389. The maximum atomic E-state index is 4.55. The van der Waals surface area contributed by atoms with E-state index in [0.29, 0.717) is 0 Å². The lowest BCUT2D eigenvalue weighted by Gasteiger charge is -2.22. The lowest BCUT2D eigenvalue weighted by Crippen LogP contribution is -2.26. The third-order valence-corrected chi connectivity index (χ3v) is 3.91. The Kier molecular flexibility index (Phi) is 4.55. The van der Waals surface area contributed by atoms with E-state index in [0.717, 1.165) is 48.5 Å². The van der Waals surface area contributed by atoms with Gasteiger partial charge in [-0.3, -0.25) is 0 Å². The Bertz CT molecular complexity index is 770. The first-order valence-electron chi connectivity index (χ1n) is 8.25. The normalized spacial score (nSPS) is 11.1. The van der Waals surface area contributed by atoms with Gasteiger partial charge in [0.15, 0.2) is 5.65 Å². The van der Waals surface area contributed by atoms with Gasteiger partial charge in [-0.25, -0.2) is 14.6 Å². The van der Waals surface area contributed by atoms with Crippen LogP contribution in [0, 0.1) is 6.92 Å². The first-order valence-corrected chi connectivity index (χ1v) is 8.25. The van der Waals surface area contributed by atoms with Crippen LogP contribution in [0.25, 0.3) is 16.7 Å². The molecule has 0 fully saturated rings. The number of hydrogen-bond acceptors (Lipinski definition) is 4. The van der Waals surface area contributed by atoms with E-state index in [2.05, 4.69) is 65.0 Å². The molecule has 23 heavy (non-hydrogen) atoms. The second-order valence-electron chi connectivity index (χ2n) is 5.81. The summed E-state index contributed by atoms with van der Waals surface area (Å²) in [5.41, 5.74) is 3.11. The van der Waals surface area contributed by atoms with Crippen LogP contribution in [0.2, 0.25) is 0 Å². The molecule has 2 heterocycles. The molecule has 5 nitrogen and oxygen atoms in total. The number of aromatic nitrogens is 4. The van der Waals surface area contributed by atoms with Gasteiger partial charge in [-0.15, -0.1) is 0 Å². The lowest BCUT2D eigenvalue weighted by molar-refractivity contribution is 0.736. The summed E-state index contributed by atoms with van der Waals surface area (Å²) < 4.78 is 1.88. The number of anilines is 1. The van der Waals surface area contributed by atoms with E-state index < -0.39 is 0 Å². The number of rotatable bonds is 6. The van der Waals surface area contributed by atoms with Crippen LogP contribution in [0.15, 0.2) is 36.8 Å². The van der Waals surface area contributed by atoms with Gasteiger partial charge in [0.05, 0.1) is 17.3 Å². The van der Waals surface area contributed by atoms with E-state index in [-0.39, 0.29) is 0 Å². The summed E-state index contributed by atoms with van der Waals surface area (Å²) in [6.45, 7) is 8.46. The molecule has 3 rings (SSSR count). The highest BCUT2D eigenvalue weighted by molar-refractivity contribution is 5.87. The number of aryl methyl sites for hydroxylation is 1. The average molecular weight is 309 g/mol. The molecule has 1 aromatic carbocycles. The Labute approximate surface area is 137 Å². The van der Waals surface area contributed by atoms with Crippen molar-refractivity contribution in [3.05, 3.63) is 42.4 Å². The molecule has 3 aromatic rings. The van der Waals surface area contributed by atoms with Crippen molar-refractivity contribution in [2.24, 2.45) is 0 Å². The summed E-state index contributed by atoms with van der Waals surface area (Å²) in [6, 6.07) is 8.32. The van der Waals surface area contributed by atoms with E-state index in [1.807, 2.05) is 10.9 Å². The predicted octanol–water partition coefficient (Wildman–Crippen LogP) is 3.75. The molecule has 0 spiro atoms. The molecule has 0 unspecified atom stereocenters. The van der Waals surface area contributed by atoms with Crippen LogP contribution in [-0.4, -0.2) is 32.8 Å². The molecule has 2 aromatic heterocycles. The molecule has 0 radical (unpaired) electrons. The second kappa shape index (κ2) is 6.77. The highest BCUT2D eigenvalue weighted by Gasteiger charge is 2.15. The minimum absolute atomic E-state index is 0.857. The van der Waals surface area contributed by atoms with Crippen molar-refractivity contribution in [1.29, 1.82) is 0 Å². The predicted molar refractivity (Wildman–Crippen MR) is 94.2 cm³/mol. The van der Waals surface area contributed by atoms with Gasteiger partial charge in [0.1, 0.15) is 12.1 Å². The van der Waals surface area contributed by atoms with Crippen LogP contribution in [0.3, 0.4) is 0 Å². The van der Waals surface area contributed by atoms with Gasteiger partial charge in [0.25, 0.3) is 0 Å². The molecule has 0 aliphatic heterocycles. The smallest absolute Gasteiger partial charge is 0.168 e. The van der Waals surface area contributed by atoms with Gasteiger partial charge in [-0.2, -0.15) is 5.10 Å². The van der Waals surface area contributed by atoms with E-state index >= 15 is 0 Å². The zero-order valence-electron chi connectivity index (χ0n) is 14.0. The van der Waals surface area contributed by atoms with Crippen LogP contribution in [0.4, 0.5) is 5.82 Å². The van der Waals surface area contributed by atoms with E-state index in [1.54, 1.807) is 6.33 Å². The van der Waals surface area contributed by atoms with Crippen molar-refractivity contribution in [3.63, 3.8) is 0 Å². The average Bonchev–Trinajstić information content (AvgIpc) is 2.99. The molecule has 0 bridgehead atoms. The van der Waals surface area contributed by atoms with Crippen LogP contribution in [0.1, 0.15) is 32.3 Å². The van der Waals surface area contributed by atoms with Crippen molar-refractivity contribution >= 4 is 16.9 Å². The third-order valence-electron chi connectivity index (χ3n) is 3.91. The largest absolute Gasteiger partial charge is 0.356 e. The fourth-order valence-corrected chi connectivity index (χ4v) is 2.82. The van der Waals surface area contributed by atoms with Gasteiger partial charge >= 0.3 is 0 Å². The fourth-order valence-electron chi connectivity index (χ4n) is 2.82. The summed E-state index contributed by atoms with van der Waals surface area (Å²) in [5, 5.41) is 5.56. The maximum absolute atomic E-state index is 4.55. The Hall–Kier alpha value is -2.43. The third kappa shape index (κ3) is 3.04. The van der Waals surface area contributed by atoms with Crippen LogP contribution < -0.4 is 4.90 Å². The minimum Gasteiger partial charge on any atom is -0.356 e. The van der Waals surface area contributed by atoms with Crippen molar-refractivity contribution in [2.75, 3.05) is 18.0 Å². The minimum atomic E-state index is 0.857. The Morgan fingerprint density at radius 2 is 1.70 bits per heavy atom. The molecule has 5 heteroatoms. The Morgan fingerprint density at radius 1 is 1.00 bits per heavy atom. The van der Waals surface area contributed by atoms with Crippen molar-refractivity contribution in [1.82, 2.24) is 19.7 Å². The van der Waals surface area contributed by atoms with Gasteiger partial charge in [-0.1, -0.05) is 31.5 Å². The molecule has 0 saturated carbocycles. The molecule has 0 aliphatic carbocycles. The zero-order valence-corrected chi connectivity index (χ0v) is 14.0. The van der Waals surface area contributed by atoms with Crippen LogP contribution in [-0.2, 0) is 0 Å². The molecule has 0 aliphatic rings. The molecular formula is C18H23N5. The molecule has 0 saturated heterocycles. The van der Waals surface area contributed by atoms with E-state index in [4.69, 9.17) is 0 Å². The van der Waals surface area contributed by atoms with Crippen LogP contribution >= 0.6 is 0 Å². The van der Waals surface area contributed by atoms with Crippen molar-refractivity contribution in [3.8, 4) is 5.69 Å². The second-order valence-corrected chi connectivity index (χ2v) is 5.81. The highest BCUT2D eigenvalue weighted by atomic mass is 15.3. The Balaban J connectivity index is 2.08. The van der Waals surface area contributed by atoms with E-state index in [9.17, 15) is 0 Å². The lowest BCUT2D eigenvalue weighted by atomic mass is 10.2. The zero-order chi connectivity index (χ0) is 16.2. The van der Waals surface area contributed by atoms with Crippen molar-refractivity contribution in [2.45, 2.75) is 33.6 Å². The standard InChI is InChI=1S/C18H23N5/c1-4-10-22(11-5-2)17-16-12-21-23(18(16)20-13-19-17)15-8-6-14(3)7-9-15/h6-9,12-13H,4-5,10-11H2,1-3H3. The van der Waals surface area contributed by atoms with Crippen molar-refractivity contribution < 1.29 is 0 Å². The quantitative estimate of drug-likeness (QED) is 0.696. The summed E-state index contributed by atoms with van der Waals surface area (Å²) in [7, 11) is 0. The molecule has 120 valence electrons. The van der Waals surface area contributed by atoms with Crippen LogP contribution in [0.5, 0.6) is 0 Å². The summed E-state index contributed by atoms with van der Waals surface area (Å²) in [4.78, 5) is 11.3. The van der Waals surface area contributed by atoms with Gasteiger partial charge in [0.2, 0.25) is 0 Å². The number of nitrogens with zero attached hydrogens (tertiary/aromatic N) is 5. The van der Waals surface area contributed by atoms with Gasteiger partial charge in [0, 0.05) is 13.1 Å². The van der Waals surface area contributed by atoms with Gasteiger partial charge < -0.3 is 4.90 Å². The monoisotopic (exact) mass is 309 g/mol. The van der Waals surface area contributed by atoms with E-state index in [1.165, 1.54) is 5.56 Å². The summed E-state index contributed by atoms with van der Waals surface area (Å²) in [6.07, 6.45) is 5.71. The first kappa shape index (κ1) is 15.5. The first-order chi connectivity index (χ1) is 11.2. The number of fused-ring (bicyclic) bond motifs is 1. The number of hydrogen-bond donors (Lipinski definition) is 0. The maximum Gasteiger partial charge on any atom is 0.168 e. The highest BCUT2D eigenvalue weighted by Crippen LogP contribution is 2.25. The molecule has 0 atom stereocenters. The summed E-state index contributed by atoms with van der Waals surface area (Å²) in [5.74, 6) is 0.983. The molecule has 0 N–H and O–H groups in total. The SMILES string of the molecule is CCCN(CCC)c1ncnc2c1cnn2-c1ccc(C)cc1. The topological polar surface area (TPSA) is 46.8 Å².